The first-order chi connectivity index (χ1) is 14.9. The Morgan fingerprint density at radius 2 is 1.43 bits per heavy atom. The van der Waals surface area contributed by atoms with E-state index in [2.05, 4.69) is 90.7 Å². The molecule has 6 nitrogen and oxygen atoms in total. The fourth-order valence-electron chi connectivity index (χ4n) is 5.00. The van der Waals surface area contributed by atoms with Crippen molar-refractivity contribution in [2.24, 2.45) is 0 Å². The molecule has 1 aliphatic heterocycles. The van der Waals surface area contributed by atoms with Gasteiger partial charge in [-0.3, -0.25) is 4.90 Å². The summed E-state index contributed by atoms with van der Waals surface area (Å²) in [4.78, 5) is 5.03. The number of hydrogen-bond donors (Lipinski definition) is 0. The van der Waals surface area contributed by atoms with E-state index in [-0.39, 0.29) is 6.04 Å². The standard InChI is InChI=1S/C24H30N6/c1-4-10-20(11-5-1)23(24-25-26-27-30(24)22-14-8-3-9-15-22)29-18-16-28(17-19-29)21-12-6-2-7-13-21/h1-2,4-7,10-13,22-23H,3,8-9,14-19H2/t23-/m0/s1. The first-order valence-electron chi connectivity index (χ1n) is 11.3. The third kappa shape index (κ3) is 3.97. The molecule has 2 aliphatic rings. The molecule has 1 saturated heterocycles. The van der Waals surface area contributed by atoms with Gasteiger partial charge >= 0.3 is 0 Å². The molecule has 0 radical (unpaired) electrons. The van der Waals surface area contributed by atoms with Gasteiger partial charge in [-0.05, 0) is 41.0 Å². The van der Waals surface area contributed by atoms with Crippen molar-refractivity contribution in [2.75, 3.05) is 31.1 Å². The molecule has 30 heavy (non-hydrogen) atoms. The molecule has 2 heterocycles. The lowest BCUT2D eigenvalue weighted by Gasteiger charge is -2.40. The zero-order valence-electron chi connectivity index (χ0n) is 17.5. The predicted octanol–water partition coefficient (Wildman–Crippen LogP) is 4.09. The maximum atomic E-state index is 4.57. The molecular weight excluding hydrogens is 372 g/mol. The van der Waals surface area contributed by atoms with Gasteiger partial charge in [0.15, 0.2) is 5.82 Å². The van der Waals surface area contributed by atoms with Crippen molar-refractivity contribution < 1.29 is 0 Å². The summed E-state index contributed by atoms with van der Waals surface area (Å²) in [5.74, 6) is 1.00. The van der Waals surface area contributed by atoms with Gasteiger partial charge in [0.05, 0.1) is 12.1 Å². The van der Waals surface area contributed by atoms with Crippen molar-refractivity contribution in [3.63, 3.8) is 0 Å². The highest BCUT2D eigenvalue weighted by Crippen LogP contribution is 2.33. The lowest BCUT2D eigenvalue weighted by molar-refractivity contribution is 0.193. The van der Waals surface area contributed by atoms with E-state index in [1.165, 1.54) is 43.4 Å². The third-order valence-electron chi connectivity index (χ3n) is 6.60. The molecule has 1 aromatic heterocycles. The summed E-state index contributed by atoms with van der Waals surface area (Å²) in [7, 11) is 0. The normalized spacial score (nSPS) is 19.7. The van der Waals surface area contributed by atoms with Gasteiger partial charge in [0, 0.05) is 31.9 Å². The number of para-hydroxylation sites is 1. The van der Waals surface area contributed by atoms with Gasteiger partial charge in [0.25, 0.3) is 0 Å². The minimum atomic E-state index is 0.0982. The zero-order valence-corrected chi connectivity index (χ0v) is 17.5. The van der Waals surface area contributed by atoms with E-state index in [1.54, 1.807) is 0 Å². The Labute approximate surface area is 178 Å². The number of piperazine rings is 1. The van der Waals surface area contributed by atoms with E-state index in [9.17, 15) is 0 Å². The smallest absolute Gasteiger partial charge is 0.173 e. The fraction of sp³-hybridized carbons (Fsp3) is 0.458. The Bertz CT molecular complexity index is 911. The maximum absolute atomic E-state index is 4.57. The van der Waals surface area contributed by atoms with E-state index < -0.39 is 0 Å². The lowest BCUT2D eigenvalue weighted by Crippen LogP contribution is -2.48. The summed E-state index contributed by atoms with van der Waals surface area (Å²) in [5, 5.41) is 13.2. The quantitative estimate of drug-likeness (QED) is 0.643. The Morgan fingerprint density at radius 1 is 0.767 bits per heavy atom. The van der Waals surface area contributed by atoms with Gasteiger partial charge in [-0.1, -0.05) is 67.8 Å². The predicted molar refractivity (Wildman–Crippen MR) is 118 cm³/mol. The van der Waals surface area contributed by atoms with Crippen LogP contribution < -0.4 is 4.90 Å². The molecule has 2 aromatic carbocycles. The SMILES string of the molecule is c1ccc([C@@H](c2nnnn2C2CCCCC2)N2CCN(c3ccccc3)CC2)cc1. The summed E-state index contributed by atoms with van der Waals surface area (Å²) in [6.07, 6.45) is 6.24. The average Bonchev–Trinajstić information content (AvgIpc) is 3.31. The summed E-state index contributed by atoms with van der Waals surface area (Å²) in [6.45, 7) is 4.01. The number of nitrogens with zero attached hydrogens (tertiary/aromatic N) is 6. The van der Waals surface area contributed by atoms with Crippen LogP contribution in [0.1, 0.15) is 55.6 Å². The summed E-state index contributed by atoms with van der Waals surface area (Å²) < 4.78 is 2.14. The van der Waals surface area contributed by atoms with Crippen LogP contribution in [-0.2, 0) is 0 Å². The van der Waals surface area contributed by atoms with Crippen LogP contribution in [0.25, 0.3) is 0 Å². The van der Waals surface area contributed by atoms with Gasteiger partial charge in [0.2, 0.25) is 0 Å². The van der Waals surface area contributed by atoms with E-state index in [0.717, 1.165) is 32.0 Å². The number of anilines is 1. The van der Waals surface area contributed by atoms with Crippen molar-refractivity contribution in [3.8, 4) is 0 Å². The first kappa shape index (κ1) is 19.2. The number of aromatic nitrogens is 4. The van der Waals surface area contributed by atoms with Gasteiger partial charge < -0.3 is 4.90 Å². The zero-order chi connectivity index (χ0) is 20.2. The highest BCUT2D eigenvalue weighted by molar-refractivity contribution is 5.46. The van der Waals surface area contributed by atoms with Crippen molar-refractivity contribution in [2.45, 2.75) is 44.2 Å². The Morgan fingerprint density at radius 3 is 2.13 bits per heavy atom. The Balaban J connectivity index is 1.41. The molecule has 1 aliphatic carbocycles. The average molecular weight is 403 g/mol. The van der Waals surface area contributed by atoms with E-state index in [1.807, 2.05) is 0 Å². The molecule has 3 aromatic rings. The maximum Gasteiger partial charge on any atom is 0.173 e. The molecule has 1 saturated carbocycles. The van der Waals surface area contributed by atoms with Crippen LogP contribution in [0, 0.1) is 0 Å². The highest BCUT2D eigenvalue weighted by atomic mass is 15.6. The molecule has 0 spiro atoms. The van der Waals surface area contributed by atoms with Crippen LogP contribution in [0.5, 0.6) is 0 Å². The number of hydrogen-bond acceptors (Lipinski definition) is 5. The minimum absolute atomic E-state index is 0.0982. The first-order valence-corrected chi connectivity index (χ1v) is 11.3. The van der Waals surface area contributed by atoms with Gasteiger partial charge in [-0.15, -0.1) is 5.10 Å². The second kappa shape index (κ2) is 8.96. The van der Waals surface area contributed by atoms with E-state index in [0.29, 0.717) is 6.04 Å². The third-order valence-corrected chi connectivity index (χ3v) is 6.60. The van der Waals surface area contributed by atoms with Crippen molar-refractivity contribution >= 4 is 5.69 Å². The molecule has 156 valence electrons. The topological polar surface area (TPSA) is 50.1 Å². The summed E-state index contributed by atoms with van der Waals surface area (Å²) in [5.41, 5.74) is 2.58. The van der Waals surface area contributed by atoms with Crippen molar-refractivity contribution in [1.29, 1.82) is 0 Å². The van der Waals surface area contributed by atoms with Crippen LogP contribution in [-0.4, -0.2) is 51.3 Å². The largest absolute Gasteiger partial charge is 0.369 e. The molecule has 0 N–H and O–H groups in total. The van der Waals surface area contributed by atoms with Gasteiger partial charge in [0.1, 0.15) is 0 Å². The minimum Gasteiger partial charge on any atom is -0.369 e. The molecule has 0 amide bonds. The van der Waals surface area contributed by atoms with Crippen LogP contribution in [0.15, 0.2) is 60.7 Å². The van der Waals surface area contributed by atoms with Gasteiger partial charge in [-0.25, -0.2) is 4.68 Å². The molecule has 1 atom stereocenters. The molecule has 6 heteroatoms. The monoisotopic (exact) mass is 402 g/mol. The second-order valence-electron chi connectivity index (χ2n) is 8.45. The fourth-order valence-corrected chi connectivity index (χ4v) is 5.00. The molecule has 2 fully saturated rings. The van der Waals surface area contributed by atoms with Crippen molar-refractivity contribution in [3.05, 3.63) is 72.1 Å². The van der Waals surface area contributed by atoms with Crippen LogP contribution in [0.3, 0.4) is 0 Å². The molecule has 0 unspecified atom stereocenters. The number of rotatable bonds is 5. The second-order valence-corrected chi connectivity index (χ2v) is 8.45. The Kier molecular flexibility index (Phi) is 5.75. The molecule has 0 bridgehead atoms. The lowest BCUT2D eigenvalue weighted by atomic mass is 9.95. The summed E-state index contributed by atoms with van der Waals surface area (Å²) in [6, 6.07) is 22.0. The van der Waals surface area contributed by atoms with Crippen LogP contribution in [0.2, 0.25) is 0 Å². The summed E-state index contributed by atoms with van der Waals surface area (Å²) >= 11 is 0. The highest BCUT2D eigenvalue weighted by Gasteiger charge is 2.32. The number of benzene rings is 2. The van der Waals surface area contributed by atoms with E-state index in [4.69, 9.17) is 0 Å². The molecule has 5 rings (SSSR count). The van der Waals surface area contributed by atoms with Gasteiger partial charge in [-0.2, -0.15) is 0 Å². The van der Waals surface area contributed by atoms with E-state index >= 15 is 0 Å². The van der Waals surface area contributed by atoms with Crippen LogP contribution >= 0.6 is 0 Å². The number of tetrazole rings is 1. The van der Waals surface area contributed by atoms with Crippen molar-refractivity contribution in [1.82, 2.24) is 25.1 Å². The van der Waals surface area contributed by atoms with Crippen LogP contribution in [0.4, 0.5) is 5.69 Å². The molecular formula is C24H30N6. The Hall–Kier alpha value is -2.73.